The van der Waals surface area contributed by atoms with Gasteiger partial charge in [0, 0.05) is 11.0 Å². The van der Waals surface area contributed by atoms with Crippen LogP contribution in [-0.4, -0.2) is 28.3 Å². The lowest BCUT2D eigenvalue weighted by Crippen LogP contribution is -2.39. The van der Waals surface area contributed by atoms with E-state index in [1.807, 2.05) is 30.5 Å². The van der Waals surface area contributed by atoms with E-state index in [9.17, 15) is 19.7 Å². The Balaban J connectivity index is 1.96. The summed E-state index contributed by atoms with van der Waals surface area (Å²) in [5.41, 5.74) is 1.35. The van der Waals surface area contributed by atoms with Crippen molar-refractivity contribution in [3.05, 3.63) is 101 Å². The number of esters is 1. The first-order chi connectivity index (χ1) is 16.3. The van der Waals surface area contributed by atoms with Crippen LogP contribution in [0.3, 0.4) is 0 Å². The highest BCUT2D eigenvalue weighted by Gasteiger charge is 2.33. The van der Waals surface area contributed by atoms with Crippen molar-refractivity contribution >= 4 is 40.8 Å². The molecule has 0 aliphatic carbocycles. The number of thiazole rings is 1. The lowest BCUT2D eigenvalue weighted by Gasteiger charge is -2.24. The van der Waals surface area contributed by atoms with Crippen molar-refractivity contribution in [2.24, 2.45) is 4.99 Å². The van der Waals surface area contributed by atoms with Crippen LogP contribution in [0.25, 0.3) is 6.08 Å². The number of thioether (sulfide) groups is 1. The van der Waals surface area contributed by atoms with Gasteiger partial charge in [-0.25, -0.2) is 9.79 Å². The molecule has 1 aromatic heterocycles. The highest BCUT2D eigenvalue weighted by atomic mass is 32.2. The van der Waals surface area contributed by atoms with Crippen molar-refractivity contribution in [3.8, 4) is 0 Å². The molecule has 1 aliphatic rings. The van der Waals surface area contributed by atoms with E-state index in [1.54, 1.807) is 43.8 Å². The van der Waals surface area contributed by atoms with Gasteiger partial charge < -0.3 is 4.74 Å². The summed E-state index contributed by atoms with van der Waals surface area (Å²) in [6.07, 6.45) is 3.47. The second kappa shape index (κ2) is 9.78. The van der Waals surface area contributed by atoms with Gasteiger partial charge in [-0.15, -0.1) is 11.8 Å². The van der Waals surface area contributed by atoms with E-state index in [0.29, 0.717) is 21.6 Å². The van der Waals surface area contributed by atoms with Crippen LogP contribution >= 0.6 is 23.1 Å². The molecule has 4 rings (SSSR count). The Morgan fingerprint density at radius 2 is 1.97 bits per heavy atom. The predicted molar refractivity (Wildman–Crippen MR) is 132 cm³/mol. The predicted octanol–water partition coefficient (Wildman–Crippen LogP) is 3.43. The third-order valence-corrected chi connectivity index (χ3v) is 7.10. The Hall–Kier alpha value is -3.50. The fourth-order valence-corrected chi connectivity index (χ4v) is 5.26. The SMILES string of the molecule is CCOC(=O)C1=C(C)N=c2s/c(=C\c3ccccc3[N+](=O)[O-])c(=O)n2[C@@H]1c1ccc(SC)cc1. The topological polar surface area (TPSA) is 104 Å². The molecule has 0 amide bonds. The third-order valence-electron chi connectivity index (χ3n) is 5.37. The van der Waals surface area contributed by atoms with Crippen molar-refractivity contribution in [1.29, 1.82) is 0 Å². The number of carbonyl (C=O) groups is 1. The maximum Gasteiger partial charge on any atom is 0.338 e. The van der Waals surface area contributed by atoms with Gasteiger partial charge in [-0.3, -0.25) is 19.5 Å². The first kappa shape index (κ1) is 23.7. The summed E-state index contributed by atoms with van der Waals surface area (Å²) >= 11 is 2.72. The monoisotopic (exact) mass is 495 g/mol. The molecule has 10 heteroatoms. The second-order valence-corrected chi connectivity index (χ2v) is 9.28. The van der Waals surface area contributed by atoms with E-state index in [4.69, 9.17) is 4.74 Å². The van der Waals surface area contributed by atoms with Crippen LogP contribution in [0.2, 0.25) is 0 Å². The molecule has 3 aromatic rings. The maximum atomic E-state index is 13.6. The summed E-state index contributed by atoms with van der Waals surface area (Å²) in [5, 5.41) is 11.4. The zero-order valence-electron chi connectivity index (χ0n) is 18.7. The molecule has 8 nitrogen and oxygen atoms in total. The quantitative estimate of drug-likeness (QED) is 0.225. The Labute approximate surface area is 203 Å². The number of ether oxygens (including phenoxy) is 1. The van der Waals surface area contributed by atoms with Crippen molar-refractivity contribution in [2.45, 2.75) is 24.8 Å². The van der Waals surface area contributed by atoms with Crippen LogP contribution in [-0.2, 0) is 9.53 Å². The summed E-state index contributed by atoms with van der Waals surface area (Å²) in [5.74, 6) is -0.532. The van der Waals surface area contributed by atoms with Crippen LogP contribution in [0.4, 0.5) is 5.69 Å². The number of nitro groups is 1. The summed E-state index contributed by atoms with van der Waals surface area (Å²) < 4.78 is 7.05. The zero-order chi connectivity index (χ0) is 24.4. The number of nitrogens with zero attached hydrogens (tertiary/aromatic N) is 3. The minimum absolute atomic E-state index is 0.0964. The third kappa shape index (κ3) is 4.34. The van der Waals surface area contributed by atoms with Gasteiger partial charge in [0.1, 0.15) is 0 Å². The molecule has 0 radical (unpaired) electrons. The average molecular weight is 496 g/mol. The standard InChI is InChI=1S/C24H21N3O5S2/c1-4-32-23(29)20-14(2)25-24-26(21(20)15-9-11-17(33-3)12-10-15)22(28)19(34-24)13-16-7-5-6-8-18(16)27(30)31/h5-13,21H,4H2,1-3H3/b19-13-/t21-/m1/s1. The number of carbonyl (C=O) groups excluding carboxylic acids is 1. The van der Waals surface area contributed by atoms with Crippen molar-refractivity contribution in [1.82, 2.24) is 4.57 Å². The number of fused-ring (bicyclic) bond motifs is 1. The Kier molecular flexibility index (Phi) is 6.80. The number of aromatic nitrogens is 1. The van der Waals surface area contributed by atoms with Gasteiger partial charge in [0.05, 0.1) is 38.9 Å². The van der Waals surface area contributed by atoms with Crippen LogP contribution in [0.1, 0.15) is 31.0 Å². The van der Waals surface area contributed by atoms with E-state index in [2.05, 4.69) is 4.99 Å². The molecule has 0 bridgehead atoms. The molecule has 0 fully saturated rings. The van der Waals surface area contributed by atoms with Gasteiger partial charge in [0.15, 0.2) is 4.80 Å². The molecule has 0 unspecified atom stereocenters. The molecule has 2 heterocycles. The van der Waals surface area contributed by atoms with E-state index in [1.165, 1.54) is 16.7 Å². The number of hydrogen-bond acceptors (Lipinski definition) is 8. The summed E-state index contributed by atoms with van der Waals surface area (Å²) in [6.45, 7) is 3.63. The molecule has 2 aromatic carbocycles. The molecular weight excluding hydrogens is 474 g/mol. The summed E-state index contributed by atoms with van der Waals surface area (Å²) in [6, 6.07) is 13.1. The van der Waals surface area contributed by atoms with Crippen LogP contribution in [0.15, 0.2) is 74.5 Å². The second-order valence-electron chi connectivity index (χ2n) is 7.39. The van der Waals surface area contributed by atoms with E-state index >= 15 is 0 Å². The molecule has 174 valence electrons. The lowest BCUT2D eigenvalue weighted by atomic mass is 9.96. The number of allylic oxidation sites excluding steroid dienone is 1. The van der Waals surface area contributed by atoms with Gasteiger partial charge in [0.25, 0.3) is 11.2 Å². The molecule has 1 atom stereocenters. The number of para-hydroxylation sites is 1. The summed E-state index contributed by atoms with van der Waals surface area (Å²) in [4.78, 5) is 43.4. The minimum Gasteiger partial charge on any atom is -0.463 e. The average Bonchev–Trinajstić information content (AvgIpc) is 3.13. The van der Waals surface area contributed by atoms with E-state index < -0.39 is 16.9 Å². The van der Waals surface area contributed by atoms with Gasteiger partial charge in [-0.1, -0.05) is 35.6 Å². The molecule has 0 saturated heterocycles. The normalized spacial score (nSPS) is 15.6. The van der Waals surface area contributed by atoms with Crippen LogP contribution in [0, 0.1) is 10.1 Å². The van der Waals surface area contributed by atoms with Crippen LogP contribution < -0.4 is 14.9 Å². The van der Waals surface area contributed by atoms with Crippen molar-refractivity contribution < 1.29 is 14.5 Å². The molecular formula is C24H21N3O5S2. The fraction of sp³-hybridized carbons (Fsp3) is 0.208. The minimum atomic E-state index is -0.723. The van der Waals surface area contributed by atoms with Crippen molar-refractivity contribution in [2.75, 3.05) is 12.9 Å². The van der Waals surface area contributed by atoms with Gasteiger partial charge >= 0.3 is 5.97 Å². The molecule has 34 heavy (non-hydrogen) atoms. The Bertz CT molecular complexity index is 1490. The van der Waals surface area contributed by atoms with E-state index in [-0.39, 0.29) is 22.4 Å². The smallest absolute Gasteiger partial charge is 0.338 e. The molecule has 1 aliphatic heterocycles. The number of rotatable bonds is 6. The fourth-order valence-electron chi connectivity index (χ4n) is 3.81. The Morgan fingerprint density at radius 3 is 2.62 bits per heavy atom. The maximum absolute atomic E-state index is 13.6. The molecule has 0 saturated carbocycles. The number of hydrogen-bond donors (Lipinski definition) is 0. The van der Waals surface area contributed by atoms with E-state index in [0.717, 1.165) is 21.8 Å². The van der Waals surface area contributed by atoms with Gasteiger partial charge in [-0.05, 0) is 49.9 Å². The zero-order valence-corrected chi connectivity index (χ0v) is 20.3. The first-order valence-corrected chi connectivity index (χ1v) is 12.5. The molecule has 0 spiro atoms. The molecule has 0 N–H and O–H groups in total. The van der Waals surface area contributed by atoms with Crippen LogP contribution in [0.5, 0.6) is 0 Å². The highest BCUT2D eigenvalue weighted by Crippen LogP contribution is 2.31. The highest BCUT2D eigenvalue weighted by molar-refractivity contribution is 7.98. The van der Waals surface area contributed by atoms with Gasteiger partial charge in [-0.2, -0.15) is 0 Å². The number of benzene rings is 2. The summed E-state index contributed by atoms with van der Waals surface area (Å²) in [7, 11) is 0. The van der Waals surface area contributed by atoms with Crippen molar-refractivity contribution in [3.63, 3.8) is 0 Å². The number of nitro benzene ring substituents is 1. The van der Waals surface area contributed by atoms with Gasteiger partial charge in [0.2, 0.25) is 0 Å². The first-order valence-electron chi connectivity index (χ1n) is 10.4. The largest absolute Gasteiger partial charge is 0.463 e. The lowest BCUT2D eigenvalue weighted by molar-refractivity contribution is -0.385. The Morgan fingerprint density at radius 1 is 1.26 bits per heavy atom.